The maximum atomic E-state index is 11.6. The van der Waals surface area contributed by atoms with Gasteiger partial charge in [0.15, 0.2) is 0 Å². The molecule has 1 atom stereocenters. The van der Waals surface area contributed by atoms with Gasteiger partial charge in [0.2, 0.25) is 5.91 Å². The summed E-state index contributed by atoms with van der Waals surface area (Å²) in [7, 11) is 0. The number of likely N-dealkylation sites (tertiary alicyclic amines) is 1. The fourth-order valence-corrected chi connectivity index (χ4v) is 2.24. The summed E-state index contributed by atoms with van der Waals surface area (Å²) in [5, 5.41) is 0. The first kappa shape index (κ1) is 11.5. The lowest BCUT2D eigenvalue weighted by Gasteiger charge is -2.29. The molecule has 1 amide bonds. The van der Waals surface area contributed by atoms with Crippen LogP contribution in [0, 0.1) is 11.3 Å². The lowest BCUT2D eigenvalue weighted by atomic mass is 9.77. The van der Waals surface area contributed by atoms with Crippen molar-refractivity contribution >= 4 is 5.91 Å². The van der Waals surface area contributed by atoms with Crippen LogP contribution < -0.4 is 0 Å². The summed E-state index contributed by atoms with van der Waals surface area (Å²) in [5.74, 6) is 1.04. The fourth-order valence-electron chi connectivity index (χ4n) is 2.24. The van der Waals surface area contributed by atoms with Crippen LogP contribution in [0.1, 0.15) is 47.0 Å². The quantitative estimate of drug-likeness (QED) is 0.633. The fraction of sp³-hybridized carbons (Fsp3) is 0.917. The van der Waals surface area contributed by atoms with Crippen molar-refractivity contribution < 1.29 is 4.79 Å². The van der Waals surface area contributed by atoms with Gasteiger partial charge in [-0.3, -0.25) is 4.79 Å². The zero-order chi connectivity index (χ0) is 10.8. The van der Waals surface area contributed by atoms with E-state index < -0.39 is 0 Å². The van der Waals surface area contributed by atoms with E-state index in [0.717, 1.165) is 25.9 Å². The van der Waals surface area contributed by atoms with Crippen LogP contribution in [0.5, 0.6) is 0 Å². The largest absolute Gasteiger partial charge is 0.343 e. The summed E-state index contributed by atoms with van der Waals surface area (Å²) >= 11 is 0. The van der Waals surface area contributed by atoms with Crippen LogP contribution in [0.4, 0.5) is 0 Å². The van der Waals surface area contributed by atoms with Crippen LogP contribution >= 0.6 is 0 Å². The Kier molecular flexibility index (Phi) is 3.57. The molecule has 1 aliphatic heterocycles. The number of hydrogen-bond donors (Lipinski definition) is 0. The number of rotatable bonds is 1. The van der Waals surface area contributed by atoms with Crippen molar-refractivity contribution in [3.05, 3.63) is 0 Å². The third-order valence-corrected chi connectivity index (χ3v) is 3.41. The van der Waals surface area contributed by atoms with E-state index in [0.29, 0.717) is 17.2 Å². The number of nitrogens with zero attached hydrogens (tertiary/aromatic N) is 1. The first-order valence-corrected chi connectivity index (χ1v) is 5.73. The molecule has 1 saturated heterocycles. The Labute approximate surface area is 87.7 Å². The van der Waals surface area contributed by atoms with Crippen molar-refractivity contribution in [2.75, 3.05) is 13.1 Å². The standard InChI is InChI=1S/C12H23NO/c1-5-13-9-8-10(12(2,3)4)6-7-11(13)14/h10H,5-9H2,1-4H3. The van der Waals surface area contributed by atoms with Crippen molar-refractivity contribution in [1.29, 1.82) is 0 Å². The second-order valence-corrected chi connectivity index (χ2v) is 5.36. The topological polar surface area (TPSA) is 20.3 Å². The smallest absolute Gasteiger partial charge is 0.222 e. The summed E-state index contributed by atoms with van der Waals surface area (Å²) in [4.78, 5) is 13.6. The van der Waals surface area contributed by atoms with Gasteiger partial charge in [-0.05, 0) is 31.1 Å². The minimum atomic E-state index is 0.347. The third kappa shape index (κ3) is 2.73. The van der Waals surface area contributed by atoms with Gasteiger partial charge in [-0.15, -0.1) is 0 Å². The molecule has 0 bridgehead atoms. The molecule has 0 aromatic carbocycles. The van der Waals surface area contributed by atoms with Crippen molar-refractivity contribution in [2.45, 2.75) is 47.0 Å². The van der Waals surface area contributed by atoms with Gasteiger partial charge in [0, 0.05) is 19.5 Å². The second-order valence-electron chi connectivity index (χ2n) is 5.36. The lowest BCUT2D eigenvalue weighted by molar-refractivity contribution is -0.130. The molecule has 1 aliphatic rings. The second kappa shape index (κ2) is 4.33. The van der Waals surface area contributed by atoms with Crippen molar-refractivity contribution in [2.24, 2.45) is 11.3 Å². The van der Waals surface area contributed by atoms with Gasteiger partial charge in [-0.25, -0.2) is 0 Å². The van der Waals surface area contributed by atoms with E-state index in [1.807, 2.05) is 4.90 Å². The van der Waals surface area contributed by atoms with Crippen LogP contribution in [0.25, 0.3) is 0 Å². The predicted octanol–water partition coefficient (Wildman–Crippen LogP) is 2.68. The van der Waals surface area contributed by atoms with Crippen LogP contribution in [0.15, 0.2) is 0 Å². The van der Waals surface area contributed by atoms with Crippen LogP contribution in [-0.4, -0.2) is 23.9 Å². The number of carbonyl (C=O) groups is 1. The highest BCUT2D eigenvalue weighted by molar-refractivity contribution is 5.76. The predicted molar refractivity (Wildman–Crippen MR) is 59.1 cm³/mol. The van der Waals surface area contributed by atoms with Crippen LogP contribution in [0.3, 0.4) is 0 Å². The molecule has 0 saturated carbocycles. The SMILES string of the molecule is CCN1CCC(C(C)(C)C)CCC1=O. The minimum Gasteiger partial charge on any atom is -0.343 e. The van der Waals surface area contributed by atoms with Gasteiger partial charge in [0.05, 0.1) is 0 Å². The number of carbonyl (C=O) groups excluding carboxylic acids is 1. The highest BCUT2D eigenvalue weighted by Gasteiger charge is 2.29. The normalized spacial score (nSPS) is 25.0. The molecule has 1 unspecified atom stereocenters. The molecule has 0 spiro atoms. The van der Waals surface area contributed by atoms with Crippen LogP contribution in [-0.2, 0) is 4.79 Å². The minimum absolute atomic E-state index is 0.347. The molecular weight excluding hydrogens is 174 g/mol. The highest BCUT2D eigenvalue weighted by Crippen LogP contribution is 2.34. The monoisotopic (exact) mass is 197 g/mol. The molecule has 0 aromatic heterocycles. The molecule has 0 radical (unpaired) electrons. The van der Waals surface area contributed by atoms with Gasteiger partial charge < -0.3 is 4.90 Å². The average molecular weight is 197 g/mol. The van der Waals surface area contributed by atoms with Crippen LogP contribution in [0.2, 0.25) is 0 Å². The molecule has 14 heavy (non-hydrogen) atoms. The van der Waals surface area contributed by atoms with Gasteiger partial charge in [0.25, 0.3) is 0 Å². The van der Waals surface area contributed by atoms with Crippen molar-refractivity contribution in [3.8, 4) is 0 Å². The number of hydrogen-bond acceptors (Lipinski definition) is 1. The van der Waals surface area contributed by atoms with Gasteiger partial charge >= 0.3 is 0 Å². The zero-order valence-electron chi connectivity index (χ0n) is 9.97. The number of amides is 1. The van der Waals surface area contributed by atoms with E-state index in [-0.39, 0.29) is 0 Å². The van der Waals surface area contributed by atoms with Crippen molar-refractivity contribution in [3.63, 3.8) is 0 Å². The average Bonchev–Trinajstić information content (AvgIpc) is 2.25. The Morgan fingerprint density at radius 1 is 1.36 bits per heavy atom. The van der Waals surface area contributed by atoms with E-state index in [2.05, 4.69) is 27.7 Å². The first-order valence-electron chi connectivity index (χ1n) is 5.73. The Morgan fingerprint density at radius 3 is 2.50 bits per heavy atom. The molecule has 2 nitrogen and oxygen atoms in total. The Balaban J connectivity index is 2.60. The van der Waals surface area contributed by atoms with Gasteiger partial charge in [-0.2, -0.15) is 0 Å². The maximum absolute atomic E-state index is 11.6. The Morgan fingerprint density at radius 2 is 2.00 bits per heavy atom. The molecular formula is C12H23NO. The molecule has 1 heterocycles. The van der Waals surface area contributed by atoms with Crippen molar-refractivity contribution in [1.82, 2.24) is 4.90 Å². The summed E-state index contributed by atoms with van der Waals surface area (Å²) in [6.07, 6.45) is 2.98. The summed E-state index contributed by atoms with van der Waals surface area (Å²) in [6.45, 7) is 10.7. The molecule has 1 fully saturated rings. The highest BCUT2D eigenvalue weighted by atomic mass is 16.2. The summed E-state index contributed by atoms with van der Waals surface area (Å²) in [5.41, 5.74) is 0.351. The summed E-state index contributed by atoms with van der Waals surface area (Å²) in [6, 6.07) is 0. The molecule has 1 rings (SSSR count). The van der Waals surface area contributed by atoms with Gasteiger partial charge in [-0.1, -0.05) is 20.8 Å². The third-order valence-electron chi connectivity index (χ3n) is 3.41. The van der Waals surface area contributed by atoms with E-state index in [4.69, 9.17) is 0 Å². The molecule has 2 heteroatoms. The van der Waals surface area contributed by atoms with E-state index >= 15 is 0 Å². The first-order chi connectivity index (χ1) is 6.45. The maximum Gasteiger partial charge on any atom is 0.222 e. The molecule has 82 valence electrons. The Bertz CT molecular complexity index is 205. The molecule has 0 aliphatic carbocycles. The summed E-state index contributed by atoms with van der Waals surface area (Å²) < 4.78 is 0. The van der Waals surface area contributed by atoms with E-state index in [9.17, 15) is 4.79 Å². The Hall–Kier alpha value is -0.530. The van der Waals surface area contributed by atoms with Gasteiger partial charge in [0.1, 0.15) is 0 Å². The molecule has 0 aromatic rings. The lowest BCUT2D eigenvalue weighted by Crippen LogP contribution is -2.30. The zero-order valence-corrected chi connectivity index (χ0v) is 9.97. The molecule has 0 N–H and O–H groups in total. The van der Waals surface area contributed by atoms with E-state index in [1.165, 1.54) is 6.42 Å². The van der Waals surface area contributed by atoms with E-state index in [1.54, 1.807) is 0 Å².